The van der Waals surface area contributed by atoms with E-state index in [9.17, 15) is 4.79 Å². The van der Waals surface area contributed by atoms with Gasteiger partial charge in [0.15, 0.2) is 6.23 Å². The maximum Gasteiger partial charge on any atom is 0.416 e. The van der Waals surface area contributed by atoms with Crippen molar-refractivity contribution in [2.75, 3.05) is 4.90 Å². The zero-order valence-corrected chi connectivity index (χ0v) is 12.4. The third-order valence-electron chi connectivity index (χ3n) is 2.84. The first kappa shape index (κ1) is 14.6. The van der Waals surface area contributed by atoms with Crippen LogP contribution in [0.4, 0.5) is 10.5 Å². The van der Waals surface area contributed by atoms with Gasteiger partial charge in [-0.1, -0.05) is 24.3 Å². The van der Waals surface area contributed by atoms with Crippen LogP contribution >= 0.6 is 0 Å². The quantitative estimate of drug-likeness (QED) is 0.841. The third-order valence-corrected chi connectivity index (χ3v) is 2.84. The molecule has 1 amide bonds. The van der Waals surface area contributed by atoms with Crippen LogP contribution in [0.5, 0.6) is 0 Å². The van der Waals surface area contributed by atoms with E-state index in [-0.39, 0.29) is 18.3 Å². The number of nitrogens with zero attached hydrogens (tertiary/aromatic N) is 1. The van der Waals surface area contributed by atoms with Crippen molar-refractivity contribution in [3.05, 3.63) is 35.9 Å². The molecule has 20 heavy (non-hydrogen) atoms. The fourth-order valence-corrected chi connectivity index (χ4v) is 2.10. The summed E-state index contributed by atoms with van der Waals surface area (Å²) in [6, 6.07) is 7.71. The first-order valence-electron chi connectivity index (χ1n) is 6.91. The van der Waals surface area contributed by atoms with Gasteiger partial charge in [-0.2, -0.15) is 0 Å². The van der Waals surface area contributed by atoms with Crippen molar-refractivity contribution in [1.82, 2.24) is 0 Å². The Bertz CT molecular complexity index is 508. The molecular formula is C16H21NO3. The van der Waals surface area contributed by atoms with Crippen molar-refractivity contribution in [3.63, 3.8) is 0 Å². The summed E-state index contributed by atoms with van der Waals surface area (Å²) in [5, 5.41) is 0. The number of ether oxygens (including phenoxy) is 2. The number of benzene rings is 1. The number of fused-ring (bicyclic) bond motifs is 1. The van der Waals surface area contributed by atoms with E-state index >= 15 is 0 Å². The summed E-state index contributed by atoms with van der Waals surface area (Å²) in [7, 11) is 0. The molecule has 0 aliphatic carbocycles. The molecule has 0 radical (unpaired) electrons. The van der Waals surface area contributed by atoms with Gasteiger partial charge in [-0.25, -0.2) is 9.69 Å². The first-order chi connectivity index (χ1) is 9.49. The summed E-state index contributed by atoms with van der Waals surface area (Å²) < 4.78 is 11.1. The van der Waals surface area contributed by atoms with Crippen LogP contribution in [0.25, 0.3) is 6.08 Å². The summed E-state index contributed by atoms with van der Waals surface area (Å²) in [5.41, 5.74) is 1.79. The number of carbonyl (C=O) groups excluding carboxylic acids is 1. The smallest absolute Gasteiger partial charge is 0.416 e. The molecule has 0 saturated carbocycles. The molecular weight excluding hydrogens is 254 g/mol. The summed E-state index contributed by atoms with van der Waals surface area (Å²) in [4.78, 5) is 13.9. The molecule has 1 atom stereocenters. The SMILES string of the molecule is CC(C)OC(=O)N1c2ccccc2C=CC1OC(C)C. The van der Waals surface area contributed by atoms with Crippen LogP contribution in [0, 0.1) is 0 Å². The monoisotopic (exact) mass is 275 g/mol. The van der Waals surface area contributed by atoms with Crippen LogP contribution in [0.2, 0.25) is 0 Å². The Morgan fingerprint density at radius 2 is 1.85 bits per heavy atom. The third kappa shape index (κ3) is 3.20. The number of rotatable bonds is 3. The van der Waals surface area contributed by atoms with Crippen molar-refractivity contribution in [2.24, 2.45) is 0 Å². The second kappa shape index (κ2) is 6.09. The Morgan fingerprint density at radius 3 is 2.50 bits per heavy atom. The van der Waals surface area contributed by atoms with Gasteiger partial charge in [-0.3, -0.25) is 0 Å². The number of para-hydroxylation sites is 1. The number of hydrogen-bond acceptors (Lipinski definition) is 3. The Labute approximate surface area is 120 Å². The lowest BCUT2D eigenvalue weighted by atomic mass is 10.1. The normalized spacial score (nSPS) is 17.5. The van der Waals surface area contributed by atoms with Crippen molar-refractivity contribution in [1.29, 1.82) is 0 Å². The van der Waals surface area contributed by atoms with E-state index in [0.29, 0.717) is 0 Å². The summed E-state index contributed by atoms with van der Waals surface area (Å²) in [5.74, 6) is 0. The molecule has 1 heterocycles. The maximum absolute atomic E-state index is 12.4. The zero-order chi connectivity index (χ0) is 14.7. The molecule has 1 aliphatic heterocycles. The Morgan fingerprint density at radius 1 is 1.15 bits per heavy atom. The van der Waals surface area contributed by atoms with Gasteiger partial charge in [-0.05, 0) is 45.4 Å². The number of anilines is 1. The molecule has 4 heteroatoms. The second-order valence-corrected chi connectivity index (χ2v) is 5.30. The lowest BCUT2D eigenvalue weighted by Crippen LogP contribution is -2.44. The van der Waals surface area contributed by atoms with Gasteiger partial charge in [0.1, 0.15) is 0 Å². The van der Waals surface area contributed by atoms with E-state index < -0.39 is 6.23 Å². The minimum Gasteiger partial charge on any atom is -0.446 e. The summed E-state index contributed by atoms with van der Waals surface area (Å²) in [6.07, 6.45) is 2.88. The van der Waals surface area contributed by atoms with Gasteiger partial charge in [0.05, 0.1) is 17.9 Å². The molecule has 1 aliphatic rings. The average Bonchev–Trinajstić information content (AvgIpc) is 2.36. The van der Waals surface area contributed by atoms with E-state index in [1.807, 2.05) is 64.1 Å². The molecule has 0 fully saturated rings. The first-order valence-corrected chi connectivity index (χ1v) is 6.91. The van der Waals surface area contributed by atoms with E-state index in [1.165, 1.54) is 0 Å². The average molecular weight is 275 g/mol. The van der Waals surface area contributed by atoms with Crippen LogP contribution < -0.4 is 4.90 Å². The molecule has 0 N–H and O–H groups in total. The highest BCUT2D eigenvalue weighted by Gasteiger charge is 2.30. The molecule has 0 bridgehead atoms. The fraction of sp³-hybridized carbons (Fsp3) is 0.438. The van der Waals surface area contributed by atoms with Crippen molar-refractivity contribution >= 4 is 17.9 Å². The molecule has 0 spiro atoms. The minimum atomic E-state index is -0.434. The molecule has 1 aromatic carbocycles. The summed E-state index contributed by atoms with van der Waals surface area (Å²) in [6.45, 7) is 7.56. The van der Waals surface area contributed by atoms with E-state index in [1.54, 1.807) is 4.90 Å². The van der Waals surface area contributed by atoms with Crippen LogP contribution in [-0.2, 0) is 9.47 Å². The molecule has 1 unspecified atom stereocenters. The highest BCUT2D eigenvalue weighted by molar-refractivity contribution is 5.93. The number of amides is 1. The molecule has 0 saturated heterocycles. The van der Waals surface area contributed by atoms with Crippen LogP contribution in [0.3, 0.4) is 0 Å². The number of hydrogen-bond donors (Lipinski definition) is 0. The molecule has 0 aromatic heterocycles. The lowest BCUT2D eigenvalue weighted by Gasteiger charge is -2.34. The minimum absolute atomic E-state index is 0.0178. The maximum atomic E-state index is 12.4. The molecule has 1 aromatic rings. The van der Waals surface area contributed by atoms with E-state index in [4.69, 9.17) is 9.47 Å². The topological polar surface area (TPSA) is 38.8 Å². The van der Waals surface area contributed by atoms with E-state index in [2.05, 4.69) is 0 Å². The Kier molecular flexibility index (Phi) is 4.45. The van der Waals surface area contributed by atoms with Crippen LogP contribution in [0.15, 0.2) is 30.3 Å². The highest BCUT2D eigenvalue weighted by Crippen LogP contribution is 2.30. The van der Waals surface area contributed by atoms with Gasteiger partial charge in [0, 0.05) is 0 Å². The highest BCUT2D eigenvalue weighted by atomic mass is 16.6. The predicted octanol–water partition coefficient (Wildman–Crippen LogP) is 3.82. The molecule has 4 nitrogen and oxygen atoms in total. The van der Waals surface area contributed by atoms with Gasteiger partial charge in [-0.15, -0.1) is 0 Å². The molecule has 108 valence electrons. The Hall–Kier alpha value is -1.81. The van der Waals surface area contributed by atoms with Gasteiger partial charge in [0.2, 0.25) is 0 Å². The molecule has 2 rings (SSSR count). The van der Waals surface area contributed by atoms with Crippen molar-refractivity contribution in [3.8, 4) is 0 Å². The van der Waals surface area contributed by atoms with Crippen LogP contribution in [0.1, 0.15) is 33.3 Å². The lowest BCUT2D eigenvalue weighted by molar-refractivity contribution is 0.0284. The van der Waals surface area contributed by atoms with Crippen LogP contribution in [-0.4, -0.2) is 24.5 Å². The zero-order valence-electron chi connectivity index (χ0n) is 12.4. The number of carbonyl (C=O) groups is 1. The second-order valence-electron chi connectivity index (χ2n) is 5.30. The van der Waals surface area contributed by atoms with Gasteiger partial charge in [0.25, 0.3) is 0 Å². The Balaban J connectivity index is 2.34. The largest absolute Gasteiger partial charge is 0.446 e. The standard InChI is InChI=1S/C16H21NO3/c1-11(2)19-15-10-9-13-7-5-6-8-14(13)17(15)16(18)20-12(3)4/h5-12,15H,1-4H3. The van der Waals surface area contributed by atoms with Gasteiger partial charge < -0.3 is 9.47 Å². The predicted molar refractivity (Wildman–Crippen MR) is 79.6 cm³/mol. The van der Waals surface area contributed by atoms with E-state index in [0.717, 1.165) is 11.3 Å². The van der Waals surface area contributed by atoms with Gasteiger partial charge >= 0.3 is 6.09 Å². The summed E-state index contributed by atoms with van der Waals surface area (Å²) >= 11 is 0. The van der Waals surface area contributed by atoms with Crippen molar-refractivity contribution < 1.29 is 14.3 Å². The van der Waals surface area contributed by atoms with Crippen molar-refractivity contribution in [2.45, 2.75) is 46.1 Å². The fourth-order valence-electron chi connectivity index (χ4n) is 2.10.